The molecule has 0 aliphatic rings. The molecule has 0 aliphatic carbocycles. The summed E-state index contributed by atoms with van der Waals surface area (Å²) in [4.78, 5) is 27.7. The minimum absolute atomic E-state index is 0.395. The maximum atomic E-state index is 11.7. The van der Waals surface area contributed by atoms with Crippen LogP contribution in [0.4, 0.5) is 4.79 Å². The number of nitrogens with one attached hydrogen (secondary N) is 1. The third-order valence-corrected chi connectivity index (χ3v) is 3.97. The molecular weight excluding hydrogens is 360 g/mol. The minimum Gasteiger partial charge on any atom is -0.467 e. The van der Waals surface area contributed by atoms with Crippen LogP contribution in [0.5, 0.6) is 0 Å². The van der Waals surface area contributed by atoms with Crippen molar-refractivity contribution in [3.63, 3.8) is 0 Å². The van der Waals surface area contributed by atoms with E-state index in [1.807, 2.05) is 5.38 Å². The summed E-state index contributed by atoms with van der Waals surface area (Å²) in [6.07, 6.45) is 0.316. The van der Waals surface area contributed by atoms with Crippen molar-refractivity contribution in [2.75, 3.05) is 7.11 Å². The molecule has 0 aromatic carbocycles. The molecule has 1 rings (SSSR count). The second kappa shape index (κ2) is 7.74. The first kappa shape index (κ1) is 17.9. The Morgan fingerprint density at radius 1 is 1.48 bits per heavy atom. The Morgan fingerprint density at radius 2 is 2.14 bits per heavy atom. The highest BCUT2D eigenvalue weighted by atomic mass is 79.9. The van der Waals surface area contributed by atoms with Crippen LogP contribution in [0.1, 0.15) is 32.2 Å². The van der Waals surface area contributed by atoms with Crippen molar-refractivity contribution in [3.05, 3.63) is 15.0 Å². The number of aromatic nitrogens is 1. The highest BCUT2D eigenvalue weighted by Gasteiger charge is 2.25. The van der Waals surface area contributed by atoms with Crippen molar-refractivity contribution < 1.29 is 19.1 Å². The molecule has 1 aromatic rings. The second-order valence-corrected chi connectivity index (χ2v) is 7.08. The number of nitrogens with zero attached hydrogens (tertiary/aromatic N) is 1. The van der Waals surface area contributed by atoms with Gasteiger partial charge in [-0.3, -0.25) is 0 Å². The maximum absolute atomic E-state index is 11.7. The van der Waals surface area contributed by atoms with E-state index in [0.717, 1.165) is 9.61 Å². The van der Waals surface area contributed by atoms with E-state index < -0.39 is 23.7 Å². The molecule has 6 nitrogen and oxygen atoms in total. The summed E-state index contributed by atoms with van der Waals surface area (Å²) in [5, 5.41) is 5.27. The predicted octanol–water partition coefficient (Wildman–Crippen LogP) is 2.90. The monoisotopic (exact) mass is 378 g/mol. The first-order valence-corrected chi connectivity index (χ1v) is 8.06. The lowest BCUT2D eigenvalue weighted by Gasteiger charge is -2.22. The summed E-state index contributed by atoms with van der Waals surface area (Å²) in [7, 11) is 1.28. The zero-order valence-corrected chi connectivity index (χ0v) is 14.8. The molecule has 1 amide bonds. The van der Waals surface area contributed by atoms with Gasteiger partial charge in [0.25, 0.3) is 0 Å². The predicted molar refractivity (Wildman–Crippen MR) is 83.3 cm³/mol. The van der Waals surface area contributed by atoms with Crippen LogP contribution in [0.3, 0.4) is 0 Å². The van der Waals surface area contributed by atoms with Crippen LogP contribution in [-0.4, -0.2) is 35.8 Å². The molecular formula is C13H19BrN2O4S. The van der Waals surface area contributed by atoms with E-state index in [9.17, 15) is 9.59 Å². The van der Waals surface area contributed by atoms with Crippen molar-refractivity contribution in [2.45, 2.75) is 45.3 Å². The van der Waals surface area contributed by atoms with Gasteiger partial charge in [-0.1, -0.05) is 0 Å². The van der Waals surface area contributed by atoms with Gasteiger partial charge in [0.1, 0.15) is 16.2 Å². The number of carbonyl (C=O) groups is 2. The zero-order chi connectivity index (χ0) is 16.0. The topological polar surface area (TPSA) is 77.5 Å². The average molecular weight is 379 g/mol. The quantitative estimate of drug-likeness (QED) is 0.796. The molecule has 0 aliphatic heterocycles. The highest BCUT2D eigenvalue weighted by Crippen LogP contribution is 2.17. The van der Waals surface area contributed by atoms with Crippen LogP contribution < -0.4 is 5.32 Å². The third-order valence-electron chi connectivity index (χ3n) is 2.35. The molecule has 118 valence electrons. The van der Waals surface area contributed by atoms with Gasteiger partial charge >= 0.3 is 12.1 Å². The Kier molecular flexibility index (Phi) is 6.60. The van der Waals surface area contributed by atoms with Gasteiger partial charge in [-0.05, 0) is 43.1 Å². The van der Waals surface area contributed by atoms with Gasteiger partial charge in [0.2, 0.25) is 0 Å². The largest absolute Gasteiger partial charge is 0.467 e. The van der Waals surface area contributed by atoms with Crippen LogP contribution in [0.15, 0.2) is 9.98 Å². The number of aryl methyl sites for hydroxylation is 1. The normalized spacial score (nSPS) is 12.6. The average Bonchev–Trinajstić information content (AvgIpc) is 2.77. The van der Waals surface area contributed by atoms with E-state index >= 15 is 0 Å². The third kappa shape index (κ3) is 6.90. The van der Waals surface area contributed by atoms with Crippen LogP contribution in [-0.2, 0) is 20.7 Å². The van der Waals surface area contributed by atoms with Crippen molar-refractivity contribution in [3.8, 4) is 0 Å². The first-order chi connectivity index (χ1) is 9.71. The van der Waals surface area contributed by atoms with E-state index in [1.165, 1.54) is 18.4 Å². The number of thiazole rings is 1. The fraction of sp³-hybridized carbons (Fsp3) is 0.615. The van der Waals surface area contributed by atoms with Crippen molar-refractivity contribution >= 4 is 39.3 Å². The van der Waals surface area contributed by atoms with Crippen LogP contribution in [0, 0.1) is 0 Å². The van der Waals surface area contributed by atoms with Gasteiger partial charge in [0.05, 0.1) is 12.1 Å². The second-order valence-electron chi connectivity index (χ2n) is 5.32. The number of methoxy groups -OCH3 is 1. The lowest BCUT2D eigenvalue weighted by molar-refractivity contribution is -0.143. The molecule has 0 saturated heterocycles. The first-order valence-electron chi connectivity index (χ1n) is 6.38. The molecule has 1 heterocycles. The Morgan fingerprint density at radius 3 is 2.62 bits per heavy atom. The Labute approximate surface area is 136 Å². The van der Waals surface area contributed by atoms with Gasteiger partial charge in [0, 0.05) is 11.8 Å². The van der Waals surface area contributed by atoms with Crippen LogP contribution >= 0.6 is 27.3 Å². The number of carbonyl (C=O) groups excluding carboxylic acids is 2. The Balaban J connectivity index is 2.59. The lowest BCUT2D eigenvalue weighted by atomic mass is 10.1. The molecule has 0 bridgehead atoms. The van der Waals surface area contributed by atoms with E-state index in [0.29, 0.717) is 12.8 Å². The van der Waals surface area contributed by atoms with Gasteiger partial charge in [-0.25, -0.2) is 14.6 Å². The molecule has 8 heteroatoms. The summed E-state index contributed by atoms with van der Waals surface area (Å²) < 4.78 is 10.6. The number of rotatable bonds is 5. The minimum atomic E-state index is -0.757. The fourth-order valence-corrected chi connectivity index (χ4v) is 2.80. The van der Waals surface area contributed by atoms with Gasteiger partial charge in [-0.2, -0.15) is 0 Å². The van der Waals surface area contributed by atoms with E-state index in [-0.39, 0.29) is 0 Å². The summed E-state index contributed by atoms with van der Waals surface area (Å²) >= 11 is 4.76. The molecule has 0 radical (unpaired) electrons. The molecule has 1 aromatic heterocycles. The van der Waals surface area contributed by atoms with Crippen molar-refractivity contribution in [1.29, 1.82) is 0 Å². The summed E-state index contributed by atoms with van der Waals surface area (Å²) in [5.74, 6) is -0.503. The molecule has 0 unspecified atom stereocenters. The Bertz CT molecular complexity index is 499. The SMILES string of the molecule is COC(=O)[C@H](CCc1nc(Br)cs1)NC(=O)OC(C)(C)C. The van der Waals surface area contributed by atoms with Crippen LogP contribution in [0.25, 0.3) is 0 Å². The number of hydrogen-bond acceptors (Lipinski definition) is 6. The number of alkyl carbamates (subject to hydrolysis) is 1. The van der Waals surface area contributed by atoms with Gasteiger partial charge in [-0.15, -0.1) is 11.3 Å². The van der Waals surface area contributed by atoms with E-state index in [2.05, 4.69) is 26.2 Å². The van der Waals surface area contributed by atoms with Crippen molar-refractivity contribution in [2.24, 2.45) is 0 Å². The van der Waals surface area contributed by atoms with E-state index in [1.54, 1.807) is 20.8 Å². The molecule has 0 spiro atoms. The standard InChI is InChI=1S/C13H19BrN2O4S/c1-13(2,3)20-12(18)15-8(11(17)19-4)5-6-10-16-9(14)7-21-10/h7-8H,5-6H2,1-4H3,(H,15,18)/t8-/m0/s1. The maximum Gasteiger partial charge on any atom is 0.408 e. The summed E-state index contributed by atoms with van der Waals surface area (Å²) in [5.41, 5.74) is -0.620. The van der Waals surface area contributed by atoms with E-state index in [4.69, 9.17) is 9.47 Å². The van der Waals surface area contributed by atoms with Gasteiger partial charge < -0.3 is 14.8 Å². The van der Waals surface area contributed by atoms with Crippen molar-refractivity contribution in [1.82, 2.24) is 10.3 Å². The van der Waals surface area contributed by atoms with Crippen LogP contribution in [0.2, 0.25) is 0 Å². The number of halogens is 1. The number of hydrogen-bond donors (Lipinski definition) is 1. The Hall–Kier alpha value is -1.15. The highest BCUT2D eigenvalue weighted by molar-refractivity contribution is 9.10. The fourth-order valence-electron chi connectivity index (χ4n) is 1.51. The summed E-state index contributed by atoms with van der Waals surface area (Å²) in [6, 6.07) is -0.757. The molecule has 1 atom stereocenters. The number of ether oxygens (including phenoxy) is 2. The smallest absolute Gasteiger partial charge is 0.408 e. The summed E-state index contributed by atoms with van der Waals surface area (Å²) in [6.45, 7) is 5.27. The number of esters is 1. The number of amides is 1. The molecule has 21 heavy (non-hydrogen) atoms. The molecule has 1 N–H and O–H groups in total. The molecule has 0 saturated carbocycles. The lowest BCUT2D eigenvalue weighted by Crippen LogP contribution is -2.44. The zero-order valence-electron chi connectivity index (χ0n) is 12.4. The van der Waals surface area contributed by atoms with Gasteiger partial charge in [0.15, 0.2) is 0 Å². The molecule has 0 fully saturated rings.